The van der Waals surface area contributed by atoms with Gasteiger partial charge >= 0.3 is 0 Å². The first-order valence-corrected chi connectivity index (χ1v) is 8.51. The van der Waals surface area contributed by atoms with Crippen molar-refractivity contribution in [3.8, 4) is 0 Å². The molecule has 2 aromatic rings. The normalized spacial score (nSPS) is 18.0. The van der Waals surface area contributed by atoms with E-state index in [0.29, 0.717) is 13.2 Å². The van der Waals surface area contributed by atoms with Crippen molar-refractivity contribution < 1.29 is 13.2 Å². The van der Waals surface area contributed by atoms with Crippen LogP contribution in [-0.4, -0.2) is 26.3 Å². The molecule has 1 aromatic heterocycles. The molecule has 21 heavy (non-hydrogen) atoms. The monoisotopic (exact) mass is 304 g/mol. The van der Waals surface area contributed by atoms with Gasteiger partial charge in [-0.3, -0.25) is 0 Å². The van der Waals surface area contributed by atoms with E-state index in [1.807, 2.05) is 18.2 Å². The number of nitrogens with zero attached hydrogens (tertiary/aromatic N) is 1. The Morgan fingerprint density at radius 3 is 2.76 bits per heavy atom. The van der Waals surface area contributed by atoms with Gasteiger partial charge in [0.1, 0.15) is 0 Å². The molecular weight excluding hydrogens is 288 g/mol. The third kappa shape index (κ3) is 3.06. The smallest absolute Gasteiger partial charge is 0.192 e. The van der Waals surface area contributed by atoms with Crippen LogP contribution in [0.3, 0.4) is 0 Å². The number of nitrogens with one attached hydrogen (secondary N) is 1. The fraction of sp³-hybridized carbons (Fsp3) is 0.267. The summed E-state index contributed by atoms with van der Waals surface area (Å²) in [6.45, 7) is 1.20. The van der Waals surface area contributed by atoms with Crippen LogP contribution in [0.4, 0.5) is 5.69 Å². The van der Waals surface area contributed by atoms with E-state index >= 15 is 0 Å². The van der Waals surface area contributed by atoms with Crippen molar-refractivity contribution in [3.63, 3.8) is 0 Å². The molecule has 1 aromatic carbocycles. The molecule has 3 rings (SSSR count). The highest BCUT2D eigenvalue weighted by atomic mass is 32.2. The number of pyridine rings is 1. The molecule has 110 valence electrons. The second-order valence-corrected chi connectivity index (χ2v) is 7.03. The Bertz CT molecular complexity index is 742. The topological polar surface area (TPSA) is 68.3 Å². The zero-order chi connectivity index (χ0) is 14.9. The van der Waals surface area contributed by atoms with Gasteiger partial charge in [-0.15, -0.1) is 0 Å². The Hall–Kier alpha value is -1.92. The number of sulfone groups is 1. The van der Waals surface area contributed by atoms with Crippen LogP contribution in [0.25, 0.3) is 0 Å². The molecule has 1 aliphatic rings. The Morgan fingerprint density at radius 1 is 1.24 bits per heavy atom. The number of hydrogen-bond donors (Lipinski definition) is 1. The highest BCUT2D eigenvalue weighted by Gasteiger charge is 2.20. The van der Waals surface area contributed by atoms with E-state index in [1.165, 1.54) is 23.4 Å². The summed E-state index contributed by atoms with van der Waals surface area (Å²) in [7, 11) is -3.26. The maximum absolute atomic E-state index is 11.4. The van der Waals surface area contributed by atoms with Gasteiger partial charge in [-0.1, -0.05) is 24.3 Å². The molecule has 1 aliphatic heterocycles. The quantitative estimate of drug-likeness (QED) is 0.941. The largest absolute Gasteiger partial charge is 0.375 e. The predicted molar refractivity (Wildman–Crippen MR) is 79.8 cm³/mol. The number of hydrogen-bond acceptors (Lipinski definition) is 5. The van der Waals surface area contributed by atoms with Crippen molar-refractivity contribution in [2.24, 2.45) is 0 Å². The number of rotatable bonds is 3. The van der Waals surface area contributed by atoms with Crippen molar-refractivity contribution in [2.75, 3.05) is 18.2 Å². The fourth-order valence-electron chi connectivity index (χ4n) is 2.39. The summed E-state index contributed by atoms with van der Waals surface area (Å²) < 4.78 is 28.4. The molecule has 6 heteroatoms. The average Bonchev–Trinajstić information content (AvgIpc) is 2.47. The van der Waals surface area contributed by atoms with Crippen LogP contribution < -0.4 is 5.32 Å². The van der Waals surface area contributed by atoms with Gasteiger partial charge in [0.05, 0.1) is 31.1 Å². The second-order valence-electron chi connectivity index (χ2n) is 5.07. The molecule has 1 atom stereocenters. The van der Waals surface area contributed by atoms with Crippen LogP contribution >= 0.6 is 0 Å². The number of ether oxygens (including phenoxy) is 1. The summed E-state index contributed by atoms with van der Waals surface area (Å²) >= 11 is 0. The molecule has 2 heterocycles. The molecule has 0 saturated heterocycles. The SMILES string of the molecule is CS(=O)(=O)c1ccc(NC2COCc3ccccc32)cn1. The minimum atomic E-state index is -3.26. The van der Waals surface area contributed by atoms with E-state index in [4.69, 9.17) is 4.74 Å². The lowest BCUT2D eigenvalue weighted by molar-refractivity contribution is 0.0970. The van der Waals surface area contributed by atoms with E-state index in [1.54, 1.807) is 6.07 Å². The lowest BCUT2D eigenvalue weighted by Gasteiger charge is -2.27. The van der Waals surface area contributed by atoms with Gasteiger partial charge in [-0.05, 0) is 23.3 Å². The number of fused-ring (bicyclic) bond motifs is 1. The maximum atomic E-state index is 11.4. The third-order valence-corrected chi connectivity index (χ3v) is 4.43. The molecule has 0 saturated carbocycles. The minimum Gasteiger partial charge on any atom is -0.375 e. The van der Waals surface area contributed by atoms with E-state index in [9.17, 15) is 8.42 Å². The van der Waals surface area contributed by atoms with Crippen LogP contribution in [0.15, 0.2) is 47.6 Å². The highest BCUT2D eigenvalue weighted by molar-refractivity contribution is 7.90. The van der Waals surface area contributed by atoms with E-state index in [2.05, 4.69) is 16.4 Å². The van der Waals surface area contributed by atoms with Crippen LogP contribution in [-0.2, 0) is 21.2 Å². The van der Waals surface area contributed by atoms with Crippen LogP contribution in [0.5, 0.6) is 0 Å². The molecule has 0 aliphatic carbocycles. The molecule has 0 spiro atoms. The molecule has 0 bridgehead atoms. The van der Waals surface area contributed by atoms with Gasteiger partial charge in [0, 0.05) is 6.26 Å². The van der Waals surface area contributed by atoms with E-state index < -0.39 is 9.84 Å². The molecular formula is C15H16N2O3S. The third-order valence-electron chi connectivity index (χ3n) is 3.43. The Labute approximate surface area is 123 Å². The zero-order valence-electron chi connectivity index (χ0n) is 11.6. The first-order valence-electron chi connectivity index (χ1n) is 6.62. The van der Waals surface area contributed by atoms with Crippen molar-refractivity contribution >= 4 is 15.5 Å². The zero-order valence-corrected chi connectivity index (χ0v) is 12.4. The molecule has 5 nitrogen and oxygen atoms in total. The summed E-state index contributed by atoms with van der Waals surface area (Å²) in [5.41, 5.74) is 3.14. The average molecular weight is 304 g/mol. The minimum absolute atomic E-state index is 0.0424. The van der Waals surface area contributed by atoms with Crippen molar-refractivity contribution in [3.05, 3.63) is 53.7 Å². The highest BCUT2D eigenvalue weighted by Crippen LogP contribution is 2.27. The predicted octanol–water partition coefficient (Wildman–Crippen LogP) is 2.17. The standard InChI is InChI=1S/C15H16N2O3S/c1-21(18,19)15-7-6-12(8-16-15)17-14-10-20-9-11-4-2-3-5-13(11)14/h2-8,14,17H,9-10H2,1H3. The van der Waals surface area contributed by atoms with Gasteiger partial charge in [0.15, 0.2) is 14.9 Å². The molecule has 0 radical (unpaired) electrons. The Morgan fingerprint density at radius 2 is 2.05 bits per heavy atom. The number of aromatic nitrogens is 1. The second kappa shape index (κ2) is 5.46. The van der Waals surface area contributed by atoms with Gasteiger partial charge < -0.3 is 10.1 Å². The Balaban J connectivity index is 1.82. The maximum Gasteiger partial charge on any atom is 0.192 e. The van der Waals surface area contributed by atoms with Crippen LogP contribution in [0.2, 0.25) is 0 Å². The summed E-state index contributed by atoms with van der Waals surface area (Å²) in [4.78, 5) is 3.98. The lowest BCUT2D eigenvalue weighted by Crippen LogP contribution is -2.23. The van der Waals surface area contributed by atoms with Crippen molar-refractivity contribution in [1.82, 2.24) is 4.98 Å². The van der Waals surface area contributed by atoms with Gasteiger partial charge in [-0.2, -0.15) is 0 Å². The van der Waals surface area contributed by atoms with Gasteiger partial charge in [0.2, 0.25) is 0 Å². The summed E-state index contributed by atoms with van der Waals surface area (Å²) in [6, 6.07) is 11.4. The fourth-order valence-corrected chi connectivity index (χ4v) is 2.95. The van der Waals surface area contributed by atoms with Gasteiger partial charge in [-0.25, -0.2) is 13.4 Å². The van der Waals surface area contributed by atoms with Gasteiger partial charge in [0.25, 0.3) is 0 Å². The molecule has 1 unspecified atom stereocenters. The van der Waals surface area contributed by atoms with E-state index in [0.717, 1.165) is 11.9 Å². The summed E-state index contributed by atoms with van der Waals surface area (Å²) in [5.74, 6) is 0. The Kier molecular flexibility index (Phi) is 3.65. The van der Waals surface area contributed by atoms with Crippen molar-refractivity contribution in [1.29, 1.82) is 0 Å². The first-order chi connectivity index (χ1) is 10.0. The first kappa shape index (κ1) is 14.0. The van der Waals surface area contributed by atoms with Crippen LogP contribution in [0.1, 0.15) is 17.2 Å². The number of anilines is 1. The lowest BCUT2D eigenvalue weighted by atomic mass is 9.99. The van der Waals surface area contributed by atoms with E-state index in [-0.39, 0.29) is 11.1 Å². The summed E-state index contributed by atoms with van der Waals surface area (Å²) in [6.07, 6.45) is 2.68. The molecule has 0 fully saturated rings. The summed E-state index contributed by atoms with van der Waals surface area (Å²) in [5, 5.41) is 3.41. The molecule has 0 amide bonds. The molecule has 1 N–H and O–H groups in total. The number of benzene rings is 1. The van der Waals surface area contributed by atoms with Crippen LogP contribution in [0, 0.1) is 0 Å². The van der Waals surface area contributed by atoms with Crippen molar-refractivity contribution in [2.45, 2.75) is 17.7 Å².